The second kappa shape index (κ2) is 3.64. The van der Waals surface area contributed by atoms with Crippen LogP contribution in [0.15, 0.2) is 36.7 Å². The van der Waals surface area contributed by atoms with E-state index >= 15 is 0 Å². The van der Waals surface area contributed by atoms with E-state index in [1.54, 1.807) is 36.7 Å². The van der Waals surface area contributed by atoms with E-state index in [0.29, 0.717) is 11.3 Å². The van der Waals surface area contributed by atoms with Crippen molar-refractivity contribution in [3.8, 4) is 0 Å². The van der Waals surface area contributed by atoms with E-state index in [1.807, 2.05) is 0 Å². The molecule has 2 aromatic heterocycles. The molecule has 0 aliphatic carbocycles. The summed E-state index contributed by atoms with van der Waals surface area (Å²) in [4.78, 5) is 18.4. The lowest BCUT2D eigenvalue weighted by Crippen LogP contribution is -2.02. The van der Waals surface area contributed by atoms with E-state index in [0.717, 1.165) is 0 Å². The SMILES string of the molecule is O=C(c1ccc[nH]1)c1cccnc1Cl. The Kier molecular flexibility index (Phi) is 2.33. The Labute approximate surface area is 85.7 Å². The van der Waals surface area contributed by atoms with Crippen molar-refractivity contribution in [3.05, 3.63) is 53.1 Å². The molecule has 0 aromatic carbocycles. The minimum atomic E-state index is -0.145. The summed E-state index contributed by atoms with van der Waals surface area (Å²) in [5, 5.41) is 0.229. The maximum atomic E-state index is 11.8. The summed E-state index contributed by atoms with van der Waals surface area (Å²) < 4.78 is 0. The number of pyridine rings is 1. The lowest BCUT2D eigenvalue weighted by molar-refractivity contribution is 0.103. The average Bonchev–Trinajstić information content (AvgIpc) is 2.70. The first-order chi connectivity index (χ1) is 6.79. The van der Waals surface area contributed by atoms with Gasteiger partial charge in [-0.15, -0.1) is 0 Å². The standard InChI is InChI=1S/C10H7ClN2O/c11-10-7(3-1-6-13-10)9(14)8-4-2-5-12-8/h1-6,12H. The maximum absolute atomic E-state index is 11.8. The van der Waals surface area contributed by atoms with Crippen molar-refractivity contribution in [1.82, 2.24) is 9.97 Å². The van der Waals surface area contributed by atoms with Crippen LogP contribution in [0, 0.1) is 0 Å². The first kappa shape index (κ1) is 8.97. The van der Waals surface area contributed by atoms with E-state index in [2.05, 4.69) is 9.97 Å². The summed E-state index contributed by atoms with van der Waals surface area (Å²) in [5.41, 5.74) is 0.927. The molecular weight excluding hydrogens is 200 g/mol. The van der Waals surface area contributed by atoms with E-state index in [-0.39, 0.29) is 10.9 Å². The van der Waals surface area contributed by atoms with Crippen molar-refractivity contribution >= 4 is 17.4 Å². The zero-order valence-electron chi connectivity index (χ0n) is 7.20. The van der Waals surface area contributed by atoms with E-state index in [4.69, 9.17) is 11.6 Å². The van der Waals surface area contributed by atoms with Crippen LogP contribution in [0.25, 0.3) is 0 Å². The van der Waals surface area contributed by atoms with Crippen LogP contribution in [0.4, 0.5) is 0 Å². The average molecular weight is 207 g/mol. The van der Waals surface area contributed by atoms with Crippen molar-refractivity contribution < 1.29 is 4.79 Å². The maximum Gasteiger partial charge on any atom is 0.212 e. The van der Waals surface area contributed by atoms with Crippen LogP contribution in [0.3, 0.4) is 0 Å². The Bertz CT molecular complexity index is 451. The number of H-pyrrole nitrogens is 1. The van der Waals surface area contributed by atoms with E-state index in [9.17, 15) is 4.79 Å². The molecule has 0 saturated carbocycles. The lowest BCUT2D eigenvalue weighted by atomic mass is 10.1. The number of nitrogens with zero attached hydrogens (tertiary/aromatic N) is 1. The van der Waals surface area contributed by atoms with Crippen molar-refractivity contribution in [1.29, 1.82) is 0 Å². The fourth-order valence-electron chi connectivity index (χ4n) is 1.17. The van der Waals surface area contributed by atoms with Crippen LogP contribution in [0.1, 0.15) is 16.1 Å². The molecule has 0 spiro atoms. The molecule has 3 nitrogen and oxygen atoms in total. The zero-order chi connectivity index (χ0) is 9.97. The van der Waals surface area contributed by atoms with Gasteiger partial charge in [-0.2, -0.15) is 0 Å². The number of aromatic nitrogens is 2. The van der Waals surface area contributed by atoms with Gasteiger partial charge in [-0.25, -0.2) is 4.98 Å². The number of ketones is 1. The van der Waals surface area contributed by atoms with Gasteiger partial charge in [0.2, 0.25) is 5.78 Å². The molecule has 14 heavy (non-hydrogen) atoms. The summed E-state index contributed by atoms with van der Waals surface area (Å²) >= 11 is 5.79. The monoisotopic (exact) mass is 206 g/mol. The Morgan fingerprint density at radius 3 is 2.86 bits per heavy atom. The smallest absolute Gasteiger partial charge is 0.212 e. The van der Waals surface area contributed by atoms with Gasteiger partial charge in [-0.05, 0) is 24.3 Å². The number of hydrogen-bond donors (Lipinski definition) is 1. The highest BCUT2D eigenvalue weighted by Gasteiger charge is 2.13. The van der Waals surface area contributed by atoms with Crippen molar-refractivity contribution in [3.63, 3.8) is 0 Å². The van der Waals surface area contributed by atoms with Crippen LogP contribution < -0.4 is 0 Å². The molecule has 0 saturated heterocycles. The first-order valence-electron chi connectivity index (χ1n) is 4.07. The van der Waals surface area contributed by atoms with Gasteiger partial charge in [0.05, 0.1) is 11.3 Å². The molecular formula is C10H7ClN2O. The first-order valence-corrected chi connectivity index (χ1v) is 4.45. The Morgan fingerprint density at radius 1 is 1.36 bits per heavy atom. The third-order valence-corrected chi connectivity index (χ3v) is 2.15. The van der Waals surface area contributed by atoms with Crippen LogP contribution >= 0.6 is 11.6 Å². The molecule has 0 unspecified atom stereocenters. The van der Waals surface area contributed by atoms with Crippen molar-refractivity contribution in [2.45, 2.75) is 0 Å². The van der Waals surface area contributed by atoms with Crippen molar-refractivity contribution in [2.75, 3.05) is 0 Å². The highest BCUT2D eigenvalue weighted by atomic mass is 35.5. The largest absolute Gasteiger partial charge is 0.359 e. The molecule has 0 aliphatic heterocycles. The van der Waals surface area contributed by atoms with Gasteiger partial charge in [0, 0.05) is 12.4 Å². The Morgan fingerprint density at radius 2 is 2.21 bits per heavy atom. The van der Waals surface area contributed by atoms with Crippen LogP contribution in [-0.2, 0) is 0 Å². The van der Waals surface area contributed by atoms with E-state index < -0.39 is 0 Å². The van der Waals surface area contributed by atoms with Crippen molar-refractivity contribution in [2.24, 2.45) is 0 Å². The molecule has 4 heteroatoms. The molecule has 1 N–H and O–H groups in total. The zero-order valence-corrected chi connectivity index (χ0v) is 7.95. The molecule has 70 valence electrons. The van der Waals surface area contributed by atoms with Gasteiger partial charge in [0.25, 0.3) is 0 Å². The summed E-state index contributed by atoms with van der Waals surface area (Å²) in [7, 11) is 0. The molecule has 0 aliphatic rings. The third-order valence-electron chi connectivity index (χ3n) is 1.85. The van der Waals surface area contributed by atoms with Crippen LogP contribution in [0.2, 0.25) is 5.15 Å². The highest BCUT2D eigenvalue weighted by molar-refractivity contribution is 6.33. The topological polar surface area (TPSA) is 45.8 Å². The van der Waals surface area contributed by atoms with E-state index in [1.165, 1.54) is 0 Å². The predicted octanol–water partition coefficient (Wildman–Crippen LogP) is 2.29. The summed E-state index contributed by atoms with van der Waals surface area (Å²) in [5.74, 6) is -0.145. The van der Waals surface area contributed by atoms with Gasteiger partial charge in [0.15, 0.2) is 0 Å². The molecule has 0 amide bonds. The number of rotatable bonds is 2. The molecule has 0 bridgehead atoms. The predicted molar refractivity (Wildman–Crippen MR) is 53.5 cm³/mol. The number of halogens is 1. The molecule has 0 fully saturated rings. The Balaban J connectivity index is 2.42. The third kappa shape index (κ3) is 1.54. The molecule has 0 atom stereocenters. The van der Waals surface area contributed by atoms with Gasteiger partial charge < -0.3 is 4.98 Å². The number of nitrogens with one attached hydrogen (secondary N) is 1. The molecule has 2 rings (SSSR count). The summed E-state index contributed by atoms with van der Waals surface area (Å²) in [6.07, 6.45) is 3.24. The number of carbonyl (C=O) groups excluding carboxylic acids is 1. The van der Waals surface area contributed by atoms with Crippen LogP contribution in [-0.4, -0.2) is 15.8 Å². The second-order valence-electron chi connectivity index (χ2n) is 2.75. The fourth-order valence-corrected chi connectivity index (χ4v) is 1.38. The minimum absolute atomic E-state index is 0.145. The minimum Gasteiger partial charge on any atom is -0.359 e. The number of aromatic amines is 1. The quantitative estimate of drug-likeness (QED) is 0.605. The molecule has 2 aromatic rings. The Hall–Kier alpha value is -1.61. The van der Waals surface area contributed by atoms with Gasteiger partial charge in [-0.3, -0.25) is 4.79 Å². The fraction of sp³-hybridized carbons (Fsp3) is 0. The second-order valence-corrected chi connectivity index (χ2v) is 3.11. The number of carbonyl (C=O) groups is 1. The number of hydrogen-bond acceptors (Lipinski definition) is 2. The summed E-state index contributed by atoms with van der Waals surface area (Å²) in [6.45, 7) is 0. The lowest BCUT2D eigenvalue weighted by Gasteiger charge is -1.99. The van der Waals surface area contributed by atoms with Gasteiger partial charge >= 0.3 is 0 Å². The van der Waals surface area contributed by atoms with Gasteiger partial charge in [-0.1, -0.05) is 11.6 Å². The highest BCUT2D eigenvalue weighted by Crippen LogP contribution is 2.15. The molecule has 2 heterocycles. The summed E-state index contributed by atoms with van der Waals surface area (Å²) in [6, 6.07) is 6.80. The molecule has 0 radical (unpaired) electrons. The van der Waals surface area contributed by atoms with Crippen LogP contribution in [0.5, 0.6) is 0 Å². The van der Waals surface area contributed by atoms with Gasteiger partial charge in [0.1, 0.15) is 5.15 Å². The normalized spacial score (nSPS) is 10.1.